The van der Waals surface area contributed by atoms with Crippen LogP contribution < -0.4 is 4.74 Å². The number of aromatic nitrogens is 1. The molecule has 0 amide bonds. The summed E-state index contributed by atoms with van der Waals surface area (Å²) in [5.41, 5.74) is -0.558. The van der Waals surface area contributed by atoms with Crippen molar-refractivity contribution in [2.45, 2.75) is 0 Å². The lowest BCUT2D eigenvalue weighted by Gasteiger charge is -2.06. The number of rotatable bonds is 3. The molecule has 1 aromatic heterocycles. The normalized spacial score (nSPS) is 10.3. The van der Waals surface area contributed by atoms with E-state index in [1.54, 1.807) is 0 Å². The van der Waals surface area contributed by atoms with Crippen LogP contribution in [0.25, 0.3) is 0 Å². The molecule has 1 aromatic carbocycles. The molecular weight excluding hydrogens is 320 g/mol. The molecule has 2 rings (SSSR count). The summed E-state index contributed by atoms with van der Waals surface area (Å²) in [6.07, 6.45) is 2.62. The Morgan fingerprint density at radius 2 is 1.84 bits per heavy atom. The first-order valence-electron chi connectivity index (χ1n) is 5.21. The number of ketones is 1. The molecule has 0 aliphatic rings. The molecule has 1 heterocycles. The van der Waals surface area contributed by atoms with Gasteiger partial charge in [0, 0.05) is 16.2 Å². The monoisotopic (exact) mass is 327 g/mol. The predicted octanol–water partition coefficient (Wildman–Crippen LogP) is 3.36. The SMILES string of the molecule is COc1cncc(C(=O)c2c(F)cc(Br)cc2F)c1. The van der Waals surface area contributed by atoms with Crippen LogP contribution in [0.15, 0.2) is 35.1 Å². The topological polar surface area (TPSA) is 39.2 Å². The van der Waals surface area contributed by atoms with Crippen LogP contribution in [-0.2, 0) is 0 Å². The molecule has 2 aromatic rings. The van der Waals surface area contributed by atoms with E-state index in [9.17, 15) is 13.6 Å². The largest absolute Gasteiger partial charge is 0.495 e. The molecule has 0 aliphatic carbocycles. The number of pyridine rings is 1. The van der Waals surface area contributed by atoms with E-state index in [4.69, 9.17) is 4.74 Å². The minimum absolute atomic E-state index is 0.0551. The van der Waals surface area contributed by atoms with Gasteiger partial charge in [-0.1, -0.05) is 15.9 Å². The van der Waals surface area contributed by atoms with Crippen molar-refractivity contribution >= 4 is 21.7 Å². The first kappa shape index (κ1) is 13.6. The second-order valence-electron chi connectivity index (χ2n) is 3.69. The summed E-state index contributed by atoms with van der Waals surface area (Å²) in [4.78, 5) is 15.9. The Morgan fingerprint density at radius 3 is 2.42 bits per heavy atom. The highest BCUT2D eigenvalue weighted by Crippen LogP contribution is 2.23. The second-order valence-corrected chi connectivity index (χ2v) is 4.60. The Hall–Kier alpha value is -1.82. The number of hydrogen-bond donors (Lipinski definition) is 0. The van der Waals surface area contributed by atoms with Crippen LogP contribution in [-0.4, -0.2) is 17.9 Å². The summed E-state index contributed by atoms with van der Waals surface area (Å²) < 4.78 is 32.5. The molecule has 0 saturated carbocycles. The van der Waals surface area contributed by atoms with Crippen molar-refractivity contribution in [1.82, 2.24) is 4.98 Å². The average molecular weight is 328 g/mol. The first-order valence-corrected chi connectivity index (χ1v) is 6.00. The van der Waals surface area contributed by atoms with Crippen molar-refractivity contribution in [3.05, 3.63) is 57.8 Å². The fourth-order valence-electron chi connectivity index (χ4n) is 1.56. The van der Waals surface area contributed by atoms with Crippen molar-refractivity contribution < 1.29 is 18.3 Å². The number of carbonyl (C=O) groups excluding carboxylic acids is 1. The molecule has 98 valence electrons. The Bertz CT molecular complexity index is 623. The van der Waals surface area contributed by atoms with Crippen LogP contribution in [0.1, 0.15) is 15.9 Å². The second kappa shape index (κ2) is 5.44. The summed E-state index contributed by atoms with van der Waals surface area (Å²) in [6.45, 7) is 0. The van der Waals surface area contributed by atoms with Crippen LogP contribution >= 0.6 is 15.9 Å². The maximum absolute atomic E-state index is 13.7. The average Bonchev–Trinajstić information content (AvgIpc) is 2.37. The number of methoxy groups -OCH3 is 1. The highest BCUT2D eigenvalue weighted by Gasteiger charge is 2.20. The fraction of sp³-hybridized carbons (Fsp3) is 0.0769. The summed E-state index contributed by atoms with van der Waals surface area (Å²) >= 11 is 2.95. The van der Waals surface area contributed by atoms with Gasteiger partial charge in [-0.15, -0.1) is 0 Å². The van der Waals surface area contributed by atoms with E-state index in [-0.39, 0.29) is 10.0 Å². The van der Waals surface area contributed by atoms with E-state index in [0.717, 1.165) is 12.1 Å². The van der Waals surface area contributed by atoms with Crippen LogP contribution in [0, 0.1) is 11.6 Å². The van der Waals surface area contributed by atoms with Crippen LogP contribution in [0.4, 0.5) is 8.78 Å². The van der Waals surface area contributed by atoms with E-state index in [2.05, 4.69) is 20.9 Å². The number of ether oxygens (including phenoxy) is 1. The van der Waals surface area contributed by atoms with Crippen LogP contribution in [0.2, 0.25) is 0 Å². The molecule has 0 spiro atoms. The van der Waals surface area contributed by atoms with Gasteiger partial charge in [-0.05, 0) is 18.2 Å². The van der Waals surface area contributed by atoms with Gasteiger partial charge in [0.05, 0.1) is 18.9 Å². The summed E-state index contributed by atoms with van der Waals surface area (Å²) in [7, 11) is 1.41. The number of nitrogens with zero attached hydrogens (tertiary/aromatic N) is 1. The molecule has 0 N–H and O–H groups in total. The third kappa shape index (κ3) is 2.78. The molecule has 0 bridgehead atoms. The Kier molecular flexibility index (Phi) is 3.90. The highest BCUT2D eigenvalue weighted by atomic mass is 79.9. The third-order valence-corrected chi connectivity index (χ3v) is 2.90. The molecule has 0 saturated heterocycles. The molecule has 3 nitrogen and oxygen atoms in total. The maximum atomic E-state index is 13.7. The quantitative estimate of drug-likeness (QED) is 0.811. The molecule has 6 heteroatoms. The molecule has 0 fully saturated rings. The van der Waals surface area contributed by atoms with Crippen molar-refractivity contribution in [3.8, 4) is 5.75 Å². The Balaban J connectivity index is 2.50. The van der Waals surface area contributed by atoms with Gasteiger partial charge >= 0.3 is 0 Å². The predicted molar refractivity (Wildman–Crippen MR) is 68.3 cm³/mol. The van der Waals surface area contributed by atoms with Gasteiger partial charge in [-0.3, -0.25) is 9.78 Å². The van der Waals surface area contributed by atoms with E-state index >= 15 is 0 Å². The van der Waals surface area contributed by atoms with Crippen molar-refractivity contribution in [1.29, 1.82) is 0 Å². The van der Waals surface area contributed by atoms with E-state index in [0.29, 0.717) is 5.75 Å². The minimum Gasteiger partial charge on any atom is -0.495 e. The zero-order chi connectivity index (χ0) is 14.0. The van der Waals surface area contributed by atoms with Crippen LogP contribution in [0.3, 0.4) is 0 Å². The van der Waals surface area contributed by atoms with Crippen molar-refractivity contribution in [2.75, 3.05) is 7.11 Å². The lowest BCUT2D eigenvalue weighted by atomic mass is 10.0. The van der Waals surface area contributed by atoms with Gasteiger partial charge in [0.25, 0.3) is 0 Å². The van der Waals surface area contributed by atoms with E-state index in [1.807, 2.05) is 0 Å². The molecule has 0 radical (unpaired) electrons. The van der Waals surface area contributed by atoms with Crippen LogP contribution in [0.5, 0.6) is 5.75 Å². The minimum atomic E-state index is -0.931. The number of benzene rings is 1. The van der Waals surface area contributed by atoms with Crippen molar-refractivity contribution in [3.63, 3.8) is 0 Å². The smallest absolute Gasteiger partial charge is 0.200 e. The summed E-state index contributed by atoms with van der Waals surface area (Å²) in [5, 5.41) is 0. The van der Waals surface area contributed by atoms with E-state index < -0.39 is 23.0 Å². The van der Waals surface area contributed by atoms with Gasteiger partial charge in [-0.2, -0.15) is 0 Å². The highest BCUT2D eigenvalue weighted by molar-refractivity contribution is 9.10. The summed E-state index contributed by atoms with van der Waals surface area (Å²) in [6, 6.07) is 3.43. The van der Waals surface area contributed by atoms with Gasteiger partial charge < -0.3 is 4.74 Å². The number of carbonyl (C=O) groups is 1. The Labute approximate surface area is 116 Å². The summed E-state index contributed by atoms with van der Waals surface area (Å²) in [5.74, 6) is -2.31. The lowest BCUT2D eigenvalue weighted by Crippen LogP contribution is -2.08. The van der Waals surface area contributed by atoms with Gasteiger partial charge in [0.15, 0.2) is 0 Å². The fourth-order valence-corrected chi connectivity index (χ4v) is 1.96. The standard InChI is InChI=1S/C13H8BrF2NO2/c1-19-9-2-7(5-17-6-9)13(18)12-10(15)3-8(14)4-11(12)16/h2-6H,1H3. The lowest BCUT2D eigenvalue weighted by molar-refractivity contribution is 0.103. The maximum Gasteiger partial charge on any atom is 0.200 e. The van der Waals surface area contributed by atoms with Crippen molar-refractivity contribution in [2.24, 2.45) is 0 Å². The molecular formula is C13H8BrF2NO2. The van der Waals surface area contributed by atoms with Gasteiger partial charge in [0.1, 0.15) is 17.4 Å². The zero-order valence-corrected chi connectivity index (χ0v) is 11.4. The number of hydrogen-bond acceptors (Lipinski definition) is 3. The number of halogens is 3. The molecule has 0 aliphatic heterocycles. The van der Waals surface area contributed by atoms with E-state index in [1.165, 1.54) is 25.6 Å². The molecule has 19 heavy (non-hydrogen) atoms. The van der Waals surface area contributed by atoms with Gasteiger partial charge in [-0.25, -0.2) is 8.78 Å². The molecule has 0 unspecified atom stereocenters. The van der Waals surface area contributed by atoms with Gasteiger partial charge in [0.2, 0.25) is 5.78 Å². The molecule has 0 atom stereocenters. The Morgan fingerprint density at radius 1 is 1.21 bits per heavy atom. The zero-order valence-electron chi connectivity index (χ0n) is 9.78. The third-order valence-electron chi connectivity index (χ3n) is 2.44. The first-order chi connectivity index (χ1) is 9.02.